The Balaban J connectivity index is 3.94. The van der Waals surface area contributed by atoms with Crippen LogP contribution in [-0.4, -0.2) is 56.0 Å². The van der Waals surface area contributed by atoms with Crippen molar-refractivity contribution in [3.05, 3.63) is 0 Å². The van der Waals surface area contributed by atoms with Crippen LogP contribution in [0.5, 0.6) is 0 Å². The number of likely N-dealkylation sites (N-methyl/N-ethyl adjacent to an activating group) is 2. The lowest BCUT2D eigenvalue weighted by atomic mass is 9.96. The van der Waals surface area contributed by atoms with Crippen LogP contribution in [0.3, 0.4) is 0 Å². The van der Waals surface area contributed by atoms with Crippen LogP contribution in [0.25, 0.3) is 0 Å². The predicted octanol–water partition coefficient (Wildman–Crippen LogP) is 0.772. The van der Waals surface area contributed by atoms with Gasteiger partial charge in [0.05, 0.1) is 6.54 Å². The van der Waals surface area contributed by atoms with Crippen LogP contribution in [-0.2, 0) is 4.79 Å². The Kier molecular flexibility index (Phi) is 6.60. The van der Waals surface area contributed by atoms with E-state index in [-0.39, 0.29) is 11.3 Å². The first-order valence-electron chi connectivity index (χ1n) is 5.89. The Morgan fingerprint density at radius 3 is 2.25 bits per heavy atom. The largest absolute Gasteiger partial charge is 0.345 e. The maximum Gasteiger partial charge on any atom is 0.236 e. The van der Waals surface area contributed by atoms with Crippen molar-refractivity contribution >= 4 is 5.91 Å². The minimum atomic E-state index is 0.167. The van der Waals surface area contributed by atoms with Crippen LogP contribution in [0.2, 0.25) is 0 Å². The van der Waals surface area contributed by atoms with Crippen LogP contribution >= 0.6 is 0 Å². The van der Waals surface area contributed by atoms with Crippen molar-refractivity contribution in [1.29, 1.82) is 0 Å². The van der Waals surface area contributed by atoms with Crippen molar-refractivity contribution < 1.29 is 4.79 Å². The molecule has 1 amide bonds. The zero-order valence-corrected chi connectivity index (χ0v) is 11.4. The van der Waals surface area contributed by atoms with E-state index in [1.165, 1.54) is 0 Å². The highest BCUT2D eigenvalue weighted by Crippen LogP contribution is 2.13. The summed E-state index contributed by atoms with van der Waals surface area (Å²) in [5, 5.41) is 0. The Morgan fingerprint density at radius 2 is 1.81 bits per heavy atom. The summed E-state index contributed by atoms with van der Waals surface area (Å²) in [5.74, 6) is 0.167. The van der Waals surface area contributed by atoms with Gasteiger partial charge >= 0.3 is 0 Å². The fourth-order valence-corrected chi connectivity index (χ4v) is 1.67. The molecular weight excluding hydrogens is 202 g/mol. The number of rotatable bonds is 6. The summed E-state index contributed by atoms with van der Waals surface area (Å²) < 4.78 is 0. The number of amides is 1. The van der Waals surface area contributed by atoms with Crippen LogP contribution in [0.1, 0.15) is 27.2 Å². The summed E-state index contributed by atoms with van der Waals surface area (Å²) >= 11 is 0. The maximum absolute atomic E-state index is 11.8. The molecular formula is C12H27N3O. The molecule has 0 aliphatic rings. The molecule has 0 aromatic carbocycles. The minimum Gasteiger partial charge on any atom is -0.345 e. The second-order valence-corrected chi connectivity index (χ2v) is 5.69. The zero-order chi connectivity index (χ0) is 12.8. The molecule has 0 rings (SSSR count). The van der Waals surface area contributed by atoms with E-state index in [1.54, 1.807) is 4.90 Å². The van der Waals surface area contributed by atoms with Gasteiger partial charge in [-0.15, -0.1) is 0 Å². The third kappa shape index (κ3) is 7.65. The Bertz CT molecular complexity index is 211. The van der Waals surface area contributed by atoms with E-state index in [0.29, 0.717) is 13.1 Å². The Labute approximate surface area is 99.8 Å². The van der Waals surface area contributed by atoms with E-state index in [0.717, 1.165) is 19.5 Å². The van der Waals surface area contributed by atoms with Crippen LogP contribution in [0.15, 0.2) is 0 Å². The molecule has 96 valence electrons. The highest BCUT2D eigenvalue weighted by molar-refractivity contribution is 5.77. The summed E-state index contributed by atoms with van der Waals surface area (Å²) in [7, 11) is 3.82. The standard InChI is InChI=1S/C12H27N3O/c1-12(2,3)10-14(4)9-11(16)15(5)8-6-7-13/h6-10,13H2,1-5H3. The second-order valence-electron chi connectivity index (χ2n) is 5.69. The lowest BCUT2D eigenvalue weighted by molar-refractivity contribution is -0.131. The molecule has 0 aromatic heterocycles. The molecule has 0 spiro atoms. The first-order chi connectivity index (χ1) is 7.26. The molecule has 0 saturated carbocycles. The van der Waals surface area contributed by atoms with E-state index < -0.39 is 0 Å². The van der Waals surface area contributed by atoms with E-state index in [1.807, 2.05) is 14.1 Å². The first-order valence-corrected chi connectivity index (χ1v) is 5.89. The van der Waals surface area contributed by atoms with E-state index in [2.05, 4.69) is 25.7 Å². The molecule has 2 N–H and O–H groups in total. The van der Waals surface area contributed by atoms with Gasteiger partial charge < -0.3 is 10.6 Å². The van der Waals surface area contributed by atoms with Gasteiger partial charge in [0, 0.05) is 20.1 Å². The van der Waals surface area contributed by atoms with Gasteiger partial charge in [0.2, 0.25) is 5.91 Å². The summed E-state index contributed by atoms with van der Waals surface area (Å²) in [5.41, 5.74) is 5.64. The van der Waals surface area contributed by atoms with Crippen molar-refractivity contribution in [1.82, 2.24) is 9.80 Å². The van der Waals surface area contributed by atoms with Crippen molar-refractivity contribution in [3.63, 3.8) is 0 Å². The van der Waals surface area contributed by atoms with Crippen LogP contribution < -0.4 is 5.73 Å². The van der Waals surface area contributed by atoms with Gasteiger partial charge in [0.25, 0.3) is 0 Å². The SMILES string of the molecule is CN(CC(=O)N(C)CCCN)CC(C)(C)C. The molecule has 0 aliphatic carbocycles. The predicted molar refractivity (Wildman–Crippen MR) is 68.3 cm³/mol. The fraction of sp³-hybridized carbons (Fsp3) is 0.917. The molecule has 0 aromatic rings. The number of nitrogens with two attached hydrogens (primary N) is 1. The Hall–Kier alpha value is -0.610. The van der Waals surface area contributed by atoms with Crippen LogP contribution in [0, 0.1) is 5.41 Å². The normalized spacial score (nSPS) is 11.9. The maximum atomic E-state index is 11.8. The average molecular weight is 229 g/mol. The molecule has 0 heterocycles. The molecule has 0 atom stereocenters. The second kappa shape index (κ2) is 6.86. The fourth-order valence-electron chi connectivity index (χ4n) is 1.67. The lowest BCUT2D eigenvalue weighted by Crippen LogP contribution is -2.40. The van der Waals surface area contributed by atoms with Crippen molar-refractivity contribution in [2.75, 3.05) is 40.3 Å². The van der Waals surface area contributed by atoms with Gasteiger partial charge in [-0.1, -0.05) is 20.8 Å². The molecule has 4 nitrogen and oxygen atoms in total. The molecule has 0 unspecified atom stereocenters. The van der Waals surface area contributed by atoms with Gasteiger partial charge in [-0.05, 0) is 25.4 Å². The zero-order valence-electron chi connectivity index (χ0n) is 11.4. The summed E-state index contributed by atoms with van der Waals surface area (Å²) in [6.45, 7) is 9.31. The summed E-state index contributed by atoms with van der Waals surface area (Å²) in [4.78, 5) is 15.6. The highest BCUT2D eigenvalue weighted by atomic mass is 16.2. The topological polar surface area (TPSA) is 49.6 Å². The van der Waals surface area contributed by atoms with Gasteiger partial charge in [0.15, 0.2) is 0 Å². The van der Waals surface area contributed by atoms with E-state index >= 15 is 0 Å². The van der Waals surface area contributed by atoms with E-state index in [9.17, 15) is 4.79 Å². The van der Waals surface area contributed by atoms with Crippen LogP contribution in [0.4, 0.5) is 0 Å². The Morgan fingerprint density at radius 1 is 1.25 bits per heavy atom. The first kappa shape index (κ1) is 15.4. The molecule has 0 saturated heterocycles. The molecule has 4 heteroatoms. The molecule has 0 fully saturated rings. The van der Waals surface area contributed by atoms with E-state index in [4.69, 9.17) is 5.73 Å². The summed E-state index contributed by atoms with van der Waals surface area (Å²) in [6, 6.07) is 0. The van der Waals surface area contributed by atoms with Crippen molar-refractivity contribution in [2.45, 2.75) is 27.2 Å². The molecule has 0 aliphatic heterocycles. The smallest absolute Gasteiger partial charge is 0.236 e. The quantitative estimate of drug-likeness (QED) is 0.732. The van der Waals surface area contributed by atoms with Gasteiger partial charge in [-0.2, -0.15) is 0 Å². The highest BCUT2D eigenvalue weighted by Gasteiger charge is 2.17. The third-order valence-electron chi connectivity index (χ3n) is 2.27. The number of carbonyl (C=O) groups is 1. The lowest BCUT2D eigenvalue weighted by Gasteiger charge is -2.27. The molecule has 0 bridgehead atoms. The monoisotopic (exact) mass is 229 g/mol. The molecule has 16 heavy (non-hydrogen) atoms. The molecule has 0 radical (unpaired) electrons. The summed E-state index contributed by atoms with van der Waals surface area (Å²) in [6.07, 6.45) is 0.866. The van der Waals surface area contributed by atoms with Gasteiger partial charge in [-0.3, -0.25) is 9.69 Å². The average Bonchev–Trinajstić information content (AvgIpc) is 2.10. The van der Waals surface area contributed by atoms with Crippen molar-refractivity contribution in [2.24, 2.45) is 11.1 Å². The number of hydrogen-bond acceptors (Lipinski definition) is 3. The third-order valence-corrected chi connectivity index (χ3v) is 2.27. The minimum absolute atomic E-state index is 0.167. The van der Waals surface area contributed by atoms with Crippen molar-refractivity contribution in [3.8, 4) is 0 Å². The number of hydrogen-bond donors (Lipinski definition) is 1. The number of carbonyl (C=O) groups excluding carboxylic acids is 1. The number of nitrogens with zero attached hydrogens (tertiary/aromatic N) is 2. The van der Waals surface area contributed by atoms with Gasteiger partial charge in [-0.25, -0.2) is 0 Å². The van der Waals surface area contributed by atoms with Gasteiger partial charge in [0.1, 0.15) is 0 Å².